The van der Waals surface area contributed by atoms with Crippen LogP contribution in [0.25, 0.3) is 11.0 Å². The zero-order valence-corrected chi connectivity index (χ0v) is 15.8. The maximum atomic E-state index is 12.6. The van der Waals surface area contributed by atoms with Crippen LogP contribution in [0.5, 0.6) is 0 Å². The third-order valence-corrected chi connectivity index (χ3v) is 7.41. The molecule has 0 radical (unpaired) electrons. The van der Waals surface area contributed by atoms with Crippen LogP contribution in [0.1, 0.15) is 20.3 Å². The minimum atomic E-state index is -3.26. The minimum Gasteiger partial charge on any atom is -0.369 e. The highest BCUT2D eigenvalue weighted by Crippen LogP contribution is 2.32. The average molecular weight is 362 g/mol. The fraction of sp³-hybridized carbons (Fsp3) is 0.500. The molecule has 1 N–H and O–H groups in total. The van der Waals surface area contributed by atoms with Crippen LogP contribution in [0, 0.1) is 5.92 Å². The Kier molecular flexibility index (Phi) is 4.88. The predicted molar refractivity (Wildman–Crippen MR) is 102 cm³/mol. The molecule has 6 nitrogen and oxygen atoms in total. The van der Waals surface area contributed by atoms with Crippen LogP contribution in [0.3, 0.4) is 0 Å². The molecule has 3 rings (SSSR count). The fourth-order valence-electron chi connectivity index (χ4n) is 3.57. The molecule has 1 fully saturated rings. The Morgan fingerprint density at radius 3 is 2.88 bits per heavy atom. The van der Waals surface area contributed by atoms with E-state index in [2.05, 4.69) is 21.4 Å². The van der Waals surface area contributed by atoms with Crippen molar-refractivity contribution in [1.82, 2.24) is 14.3 Å². The van der Waals surface area contributed by atoms with Gasteiger partial charge in [0.15, 0.2) is 0 Å². The lowest BCUT2D eigenvalue weighted by molar-refractivity contribution is 0.265. The lowest BCUT2D eigenvalue weighted by atomic mass is 9.91. The Balaban J connectivity index is 1.94. The van der Waals surface area contributed by atoms with E-state index in [0.29, 0.717) is 13.1 Å². The summed E-state index contributed by atoms with van der Waals surface area (Å²) in [5, 5.41) is 0.632. The second kappa shape index (κ2) is 6.80. The Labute approximate surface area is 149 Å². The molecule has 1 aliphatic rings. The van der Waals surface area contributed by atoms with Gasteiger partial charge < -0.3 is 9.88 Å². The maximum Gasteiger partial charge on any atom is 0.216 e. The molecule has 2 atom stereocenters. The van der Waals surface area contributed by atoms with E-state index in [4.69, 9.17) is 0 Å². The number of sulfonamides is 1. The molecule has 0 spiro atoms. The molecule has 2 aromatic rings. The van der Waals surface area contributed by atoms with Crippen molar-refractivity contribution in [3.63, 3.8) is 0 Å². The third-order valence-electron chi connectivity index (χ3n) is 5.17. The zero-order valence-electron chi connectivity index (χ0n) is 15.0. The summed E-state index contributed by atoms with van der Waals surface area (Å²) in [7, 11) is -1.24. The number of anilines is 1. The Morgan fingerprint density at radius 2 is 2.20 bits per heavy atom. The largest absolute Gasteiger partial charge is 0.369 e. The molecule has 0 saturated carbocycles. The lowest BCUT2D eigenvalue weighted by Crippen LogP contribution is -2.54. The second-order valence-electron chi connectivity index (χ2n) is 6.89. The van der Waals surface area contributed by atoms with Crippen LogP contribution in [0.2, 0.25) is 0 Å². The normalized spacial score (nSPS) is 22.4. The van der Waals surface area contributed by atoms with Crippen molar-refractivity contribution in [3.05, 3.63) is 37.2 Å². The summed E-state index contributed by atoms with van der Waals surface area (Å²) in [5.41, 5.74) is 1.88. The van der Waals surface area contributed by atoms with Gasteiger partial charge in [-0.3, -0.25) is 0 Å². The van der Waals surface area contributed by atoms with Crippen molar-refractivity contribution in [2.45, 2.75) is 31.6 Å². The monoisotopic (exact) mass is 362 g/mol. The van der Waals surface area contributed by atoms with E-state index in [1.807, 2.05) is 31.5 Å². The Morgan fingerprint density at radius 1 is 1.44 bits per heavy atom. The number of piperidine rings is 1. The van der Waals surface area contributed by atoms with Gasteiger partial charge in [0.05, 0.1) is 5.25 Å². The van der Waals surface area contributed by atoms with Gasteiger partial charge in [0.25, 0.3) is 0 Å². The van der Waals surface area contributed by atoms with Gasteiger partial charge in [-0.05, 0) is 38.3 Å². The van der Waals surface area contributed by atoms with Gasteiger partial charge in [-0.25, -0.2) is 13.4 Å². The van der Waals surface area contributed by atoms with Crippen molar-refractivity contribution in [1.29, 1.82) is 0 Å². The van der Waals surface area contributed by atoms with E-state index >= 15 is 0 Å². The summed E-state index contributed by atoms with van der Waals surface area (Å²) in [6, 6.07) is 4.02. The van der Waals surface area contributed by atoms with E-state index < -0.39 is 15.3 Å². The first-order valence-corrected chi connectivity index (χ1v) is 10.1. The van der Waals surface area contributed by atoms with Gasteiger partial charge in [-0.2, -0.15) is 4.31 Å². The van der Waals surface area contributed by atoms with Crippen LogP contribution in [0.4, 0.5) is 5.69 Å². The van der Waals surface area contributed by atoms with E-state index in [0.717, 1.165) is 23.1 Å². The fourth-order valence-corrected chi connectivity index (χ4v) is 4.88. The molecule has 136 valence electrons. The van der Waals surface area contributed by atoms with Gasteiger partial charge in [0, 0.05) is 49.6 Å². The Bertz CT molecular complexity index is 859. The number of hydrogen-bond acceptors (Lipinski definition) is 4. The van der Waals surface area contributed by atoms with Gasteiger partial charge in [-0.15, -0.1) is 6.58 Å². The van der Waals surface area contributed by atoms with Crippen LogP contribution in [-0.4, -0.2) is 54.1 Å². The highest BCUT2D eigenvalue weighted by molar-refractivity contribution is 7.89. The third kappa shape index (κ3) is 3.18. The van der Waals surface area contributed by atoms with Crippen molar-refractivity contribution in [2.75, 3.05) is 25.0 Å². The molecular weight excluding hydrogens is 336 g/mol. The summed E-state index contributed by atoms with van der Waals surface area (Å²) >= 11 is 0. The summed E-state index contributed by atoms with van der Waals surface area (Å²) in [5.74, 6) is 0.241. The molecule has 2 aromatic heterocycles. The highest BCUT2D eigenvalue weighted by atomic mass is 32.2. The summed E-state index contributed by atoms with van der Waals surface area (Å²) < 4.78 is 26.9. The zero-order chi connectivity index (χ0) is 18.2. The van der Waals surface area contributed by atoms with E-state index in [-0.39, 0.29) is 12.0 Å². The molecule has 1 aliphatic heterocycles. The van der Waals surface area contributed by atoms with Crippen LogP contribution < -0.4 is 4.90 Å². The number of nitrogens with one attached hydrogen (secondary N) is 1. The quantitative estimate of drug-likeness (QED) is 0.830. The van der Waals surface area contributed by atoms with Gasteiger partial charge >= 0.3 is 0 Å². The highest BCUT2D eigenvalue weighted by Gasteiger charge is 2.37. The number of rotatable bonds is 5. The number of nitrogens with zero attached hydrogens (tertiary/aromatic N) is 3. The summed E-state index contributed by atoms with van der Waals surface area (Å²) in [6.45, 7) is 8.47. The first kappa shape index (κ1) is 17.9. The molecule has 0 bridgehead atoms. The van der Waals surface area contributed by atoms with Crippen molar-refractivity contribution < 1.29 is 8.42 Å². The molecule has 3 heterocycles. The number of fused-ring (bicyclic) bond motifs is 1. The van der Waals surface area contributed by atoms with Crippen LogP contribution in [-0.2, 0) is 10.0 Å². The molecule has 25 heavy (non-hydrogen) atoms. The minimum absolute atomic E-state index is 0.0419. The molecule has 0 amide bonds. The van der Waals surface area contributed by atoms with E-state index in [1.54, 1.807) is 24.3 Å². The number of aromatic nitrogens is 2. The predicted octanol–water partition coefficient (Wildman–Crippen LogP) is 2.61. The first-order chi connectivity index (χ1) is 11.9. The lowest BCUT2D eigenvalue weighted by Gasteiger charge is -2.42. The molecule has 1 saturated heterocycles. The van der Waals surface area contributed by atoms with Gasteiger partial charge in [0.2, 0.25) is 10.0 Å². The standard InChI is InChI=1S/C18H26N4O2S/c1-5-14-8-11-22(25(23,24)13(2)3)12-17(14)21(4)16-7-10-20-18-15(16)6-9-19-18/h5-7,9-10,13-14,17H,1,8,11-12H2,2-4H3,(H,19,20)/t14-,17?/m1/s1. The molecular formula is C18H26N4O2S. The first-order valence-electron chi connectivity index (χ1n) is 8.62. The van der Waals surface area contributed by atoms with Crippen LogP contribution in [0.15, 0.2) is 37.2 Å². The average Bonchev–Trinajstić information content (AvgIpc) is 3.09. The van der Waals surface area contributed by atoms with Crippen molar-refractivity contribution in [2.24, 2.45) is 5.92 Å². The number of likely N-dealkylation sites (N-methyl/N-ethyl adjacent to an activating group) is 1. The Hall–Kier alpha value is -1.86. The number of pyridine rings is 1. The van der Waals surface area contributed by atoms with E-state index in [1.165, 1.54) is 0 Å². The molecule has 0 aliphatic carbocycles. The second-order valence-corrected chi connectivity index (χ2v) is 9.38. The number of hydrogen-bond donors (Lipinski definition) is 1. The van der Waals surface area contributed by atoms with Crippen molar-refractivity contribution in [3.8, 4) is 0 Å². The molecule has 0 aromatic carbocycles. The maximum absolute atomic E-state index is 12.6. The van der Waals surface area contributed by atoms with Gasteiger partial charge in [-0.1, -0.05) is 6.08 Å². The summed E-state index contributed by atoms with van der Waals surface area (Å²) in [4.78, 5) is 9.64. The van der Waals surface area contributed by atoms with Crippen molar-refractivity contribution >= 4 is 26.7 Å². The smallest absolute Gasteiger partial charge is 0.216 e. The molecule has 7 heteroatoms. The van der Waals surface area contributed by atoms with Gasteiger partial charge in [0.1, 0.15) is 5.65 Å². The SMILES string of the molecule is C=C[C@@H]1CCN(S(=O)(=O)C(C)C)CC1N(C)c1ccnc2[nH]ccc12. The number of H-pyrrole nitrogens is 1. The summed E-state index contributed by atoms with van der Waals surface area (Å²) in [6.07, 6.45) is 6.39. The topological polar surface area (TPSA) is 69.3 Å². The van der Waals surface area contributed by atoms with E-state index in [9.17, 15) is 8.42 Å². The molecule has 1 unspecified atom stereocenters. The van der Waals surface area contributed by atoms with Crippen LogP contribution >= 0.6 is 0 Å². The number of aromatic amines is 1.